The van der Waals surface area contributed by atoms with Crippen LogP contribution in [0, 0.1) is 3.57 Å². The van der Waals surface area contributed by atoms with Gasteiger partial charge in [-0.1, -0.05) is 0 Å². The molecule has 0 N–H and O–H groups in total. The van der Waals surface area contributed by atoms with Gasteiger partial charge in [0.25, 0.3) is 0 Å². The van der Waals surface area contributed by atoms with E-state index in [4.69, 9.17) is 4.74 Å². The monoisotopic (exact) mass is 264 g/mol. The first kappa shape index (κ1) is 7.54. The van der Waals surface area contributed by atoms with Gasteiger partial charge in [0.05, 0.1) is 22.5 Å². The molecule has 0 aliphatic carbocycles. The van der Waals surface area contributed by atoms with E-state index in [1.165, 1.54) is 3.57 Å². The number of epoxide rings is 1. The summed E-state index contributed by atoms with van der Waals surface area (Å²) in [4.78, 5) is 0. The molecule has 1 aromatic heterocycles. The predicted molar refractivity (Wildman–Crippen MR) is 49.3 cm³/mol. The highest BCUT2D eigenvalue weighted by Gasteiger charge is 2.21. The van der Waals surface area contributed by atoms with Crippen LogP contribution in [0.15, 0.2) is 12.4 Å². The standard InChI is InChI=1S/C7H9IN2O/c8-6-3-9-10(4-6)2-1-7-5-11-7/h3-4,7H,1-2,5H2. The van der Waals surface area contributed by atoms with Gasteiger partial charge < -0.3 is 4.74 Å². The molecule has 1 unspecified atom stereocenters. The lowest BCUT2D eigenvalue weighted by atomic mass is 10.3. The van der Waals surface area contributed by atoms with Crippen molar-refractivity contribution in [2.75, 3.05) is 6.61 Å². The zero-order chi connectivity index (χ0) is 7.68. The SMILES string of the molecule is Ic1cnn(CCC2CO2)c1. The van der Waals surface area contributed by atoms with E-state index in [2.05, 4.69) is 27.7 Å². The fourth-order valence-electron chi connectivity index (χ4n) is 0.972. The van der Waals surface area contributed by atoms with Crippen LogP contribution >= 0.6 is 22.6 Å². The highest BCUT2D eigenvalue weighted by Crippen LogP contribution is 2.14. The van der Waals surface area contributed by atoms with Crippen LogP contribution < -0.4 is 0 Å². The maximum absolute atomic E-state index is 5.09. The van der Waals surface area contributed by atoms with Gasteiger partial charge in [-0.15, -0.1) is 0 Å². The van der Waals surface area contributed by atoms with Gasteiger partial charge in [0.2, 0.25) is 0 Å². The minimum Gasteiger partial charge on any atom is -0.373 e. The van der Waals surface area contributed by atoms with Crippen molar-refractivity contribution in [3.8, 4) is 0 Å². The minimum atomic E-state index is 0.511. The Morgan fingerprint density at radius 1 is 1.82 bits per heavy atom. The molecule has 1 fully saturated rings. The Hall–Kier alpha value is -0.100. The summed E-state index contributed by atoms with van der Waals surface area (Å²) in [6.45, 7) is 1.92. The molecule has 0 bridgehead atoms. The van der Waals surface area contributed by atoms with E-state index in [0.29, 0.717) is 6.10 Å². The molecule has 2 rings (SSSR count). The Labute approximate surface area is 78.9 Å². The molecular formula is C7H9IN2O. The Kier molecular flexibility index (Phi) is 2.13. The highest BCUT2D eigenvalue weighted by molar-refractivity contribution is 14.1. The molecule has 1 saturated heterocycles. The minimum absolute atomic E-state index is 0.511. The van der Waals surface area contributed by atoms with Crippen molar-refractivity contribution in [3.63, 3.8) is 0 Å². The van der Waals surface area contributed by atoms with E-state index < -0.39 is 0 Å². The maximum Gasteiger partial charge on any atom is 0.0827 e. The molecule has 1 aliphatic heterocycles. The van der Waals surface area contributed by atoms with Gasteiger partial charge in [-0.2, -0.15) is 5.10 Å². The van der Waals surface area contributed by atoms with Crippen LogP contribution in [-0.2, 0) is 11.3 Å². The van der Waals surface area contributed by atoms with Crippen LogP contribution in [0.25, 0.3) is 0 Å². The summed E-state index contributed by atoms with van der Waals surface area (Å²) in [5, 5.41) is 4.17. The van der Waals surface area contributed by atoms with E-state index in [-0.39, 0.29) is 0 Å². The molecule has 2 heterocycles. The average Bonchev–Trinajstić information content (AvgIpc) is 2.72. The average molecular weight is 264 g/mol. The zero-order valence-corrected chi connectivity index (χ0v) is 8.19. The molecule has 1 aromatic rings. The first-order chi connectivity index (χ1) is 5.34. The smallest absolute Gasteiger partial charge is 0.0827 e. The Morgan fingerprint density at radius 2 is 2.64 bits per heavy atom. The lowest BCUT2D eigenvalue weighted by molar-refractivity contribution is 0.380. The van der Waals surface area contributed by atoms with Crippen LogP contribution in [0.5, 0.6) is 0 Å². The molecule has 4 heteroatoms. The molecule has 11 heavy (non-hydrogen) atoms. The molecule has 0 saturated carbocycles. The second-order valence-corrected chi connectivity index (χ2v) is 3.91. The van der Waals surface area contributed by atoms with E-state index in [1.807, 2.05) is 17.1 Å². The quantitative estimate of drug-likeness (QED) is 0.608. The molecule has 0 spiro atoms. The molecule has 0 radical (unpaired) electrons. The lowest BCUT2D eigenvalue weighted by Gasteiger charge is -1.96. The summed E-state index contributed by atoms with van der Waals surface area (Å²) < 4.78 is 8.25. The van der Waals surface area contributed by atoms with E-state index in [0.717, 1.165) is 19.6 Å². The van der Waals surface area contributed by atoms with Gasteiger partial charge in [-0.25, -0.2) is 0 Å². The molecule has 3 nitrogen and oxygen atoms in total. The fourth-order valence-corrected chi connectivity index (χ4v) is 1.42. The number of aromatic nitrogens is 2. The van der Waals surface area contributed by atoms with Gasteiger partial charge >= 0.3 is 0 Å². The Balaban J connectivity index is 1.85. The van der Waals surface area contributed by atoms with Crippen molar-refractivity contribution in [1.82, 2.24) is 9.78 Å². The number of ether oxygens (including phenoxy) is 1. The molecule has 60 valence electrons. The number of hydrogen-bond donors (Lipinski definition) is 0. The number of aryl methyl sites for hydroxylation is 1. The number of hydrogen-bond acceptors (Lipinski definition) is 2. The molecule has 0 aromatic carbocycles. The van der Waals surface area contributed by atoms with Crippen molar-refractivity contribution in [1.29, 1.82) is 0 Å². The van der Waals surface area contributed by atoms with Gasteiger partial charge in [0, 0.05) is 12.7 Å². The van der Waals surface area contributed by atoms with Gasteiger partial charge in [0.15, 0.2) is 0 Å². The normalized spacial score (nSPS) is 22.1. The summed E-state index contributed by atoms with van der Waals surface area (Å²) in [5.74, 6) is 0. The zero-order valence-electron chi connectivity index (χ0n) is 6.03. The fraction of sp³-hybridized carbons (Fsp3) is 0.571. The van der Waals surface area contributed by atoms with Gasteiger partial charge in [0.1, 0.15) is 0 Å². The highest BCUT2D eigenvalue weighted by atomic mass is 127. The summed E-state index contributed by atoms with van der Waals surface area (Å²) >= 11 is 2.26. The number of rotatable bonds is 3. The van der Waals surface area contributed by atoms with Crippen molar-refractivity contribution in [2.24, 2.45) is 0 Å². The maximum atomic E-state index is 5.09. The van der Waals surface area contributed by atoms with Crippen LogP contribution in [0.1, 0.15) is 6.42 Å². The van der Waals surface area contributed by atoms with E-state index in [1.54, 1.807) is 0 Å². The summed E-state index contributed by atoms with van der Waals surface area (Å²) in [6.07, 6.45) is 5.52. The second-order valence-electron chi connectivity index (χ2n) is 2.67. The van der Waals surface area contributed by atoms with E-state index in [9.17, 15) is 0 Å². The molecular weight excluding hydrogens is 255 g/mol. The first-order valence-corrected chi connectivity index (χ1v) is 4.72. The summed E-state index contributed by atoms with van der Waals surface area (Å²) in [6, 6.07) is 0. The first-order valence-electron chi connectivity index (χ1n) is 3.64. The Morgan fingerprint density at radius 3 is 3.18 bits per heavy atom. The van der Waals surface area contributed by atoms with E-state index >= 15 is 0 Å². The third kappa shape index (κ3) is 2.16. The van der Waals surface area contributed by atoms with Crippen LogP contribution in [0.4, 0.5) is 0 Å². The third-order valence-electron chi connectivity index (χ3n) is 1.68. The van der Waals surface area contributed by atoms with Gasteiger partial charge in [-0.05, 0) is 29.0 Å². The largest absolute Gasteiger partial charge is 0.373 e. The predicted octanol–water partition coefficient (Wildman–Crippen LogP) is 1.28. The van der Waals surface area contributed by atoms with Crippen molar-refractivity contribution >= 4 is 22.6 Å². The van der Waals surface area contributed by atoms with Crippen molar-refractivity contribution in [3.05, 3.63) is 16.0 Å². The van der Waals surface area contributed by atoms with Crippen LogP contribution in [0.2, 0.25) is 0 Å². The number of halogens is 1. The number of nitrogens with zero attached hydrogens (tertiary/aromatic N) is 2. The second kappa shape index (κ2) is 3.10. The van der Waals surface area contributed by atoms with Crippen LogP contribution in [-0.4, -0.2) is 22.5 Å². The summed E-state index contributed by atoms with van der Waals surface area (Å²) in [7, 11) is 0. The Bertz CT molecular complexity index is 244. The van der Waals surface area contributed by atoms with Crippen molar-refractivity contribution in [2.45, 2.75) is 19.1 Å². The molecule has 1 atom stereocenters. The van der Waals surface area contributed by atoms with Crippen LogP contribution in [0.3, 0.4) is 0 Å². The lowest BCUT2D eigenvalue weighted by Crippen LogP contribution is -2.00. The third-order valence-corrected chi connectivity index (χ3v) is 2.24. The van der Waals surface area contributed by atoms with Gasteiger partial charge in [-0.3, -0.25) is 4.68 Å². The van der Waals surface area contributed by atoms with Crippen molar-refractivity contribution < 1.29 is 4.74 Å². The topological polar surface area (TPSA) is 30.4 Å². The molecule has 0 amide bonds. The molecule has 1 aliphatic rings. The summed E-state index contributed by atoms with van der Waals surface area (Å²) in [5.41, 5.74) is 0.